The van der Waals surface area contributed by atoms with Crippen molar-refractivity contribution in [2.45, 2.75) is 59.3 Å². The molecule has 0 unspecified atom stereocenters. The molecule has 0 saturated heterocycles. The van der Waals surface area contributed by atoms with E-state index in [1.54, 1.807) is 25.2 Å². The number of nitriles is 2. The molecule has 0 amide bonds. The Morgan fingerprint density at radius 1 is 0.620 bits per heavy atom. The fraction of sp³-hybridized carbons (Fsp3) is 0.191. The number of hydrogen-bond acceptors (Lipinski definition) is 2. The molecule has 6 aromatic rings. The third-order valence-corrected chi connectivity index (χ3v) is 9.31. The van der Waals surface area contributed by atoms with Crippen LogP contribution >= 0.6 is 0 Å². The Hall–Kier alpha value is -5.90. The average Bonchev–Trinajstić information content (AvgIpc) is 3.44. The first-order valence-corrected chi connectivity index (χ1v) is 17.1. The lowest BCUT2D eigenvalue weighted by Crippen LogP contribution is -2.10. The van der Waals surface area contributed by atoms with E-state index in [-0.39, 0.29) is 10.8 Å². The Labute approximate surface area is 296 Å². The monoisotopic (exact) mass is 649 g/mol. The van der Waals surface area contributed by atoms with Crippen LogP contribution in [0.25, 0.3) is 55.8 Å². The zero-order valence-electron chi connectivity index (χ0n) is 30.0. The van der Waals surface area contributed by atoms with Gasteiger partial charge in [0.2, 0.25) is 0 Å². The Morgan fingerprint density at radius 3 is 1.62 bits per heavy atom. The Morgan fingerprint density at radius 2 is 1.14 bits per heavy atom. The minimum Gasteiger partial charge on any atom is -0.309 e. The summed E-state index contributed by atoms with van der Waals surface area (Å²) < 4.78 is 2.42. The molecule has 0 fully saturated rings. The van der Waals surface area contributed by atoms with E-state index in [1.807, 2.05) is 18.2 Å². The number of aromatic nitrogens is 1. The number of fused-ring (bicyclic) bond motifs is 3. The lowest BCUT2D eigenvalue weighted by atomic mass is 9.85. The van der Waals surface area contributed by atoms with Crippen molar-refractivity contribution in [2.24, 2.45) is 0 Å². The van der Waals surface area contributed by atoms with Crippen LogP contribution in [-0.2, 0) is 10.8 Å². The molecule has 0 saturated carbocycles. The van der Waals surface area contributed by atoms with Crippen molar-refractivity contribution < 1.29 is 0 Å². The van der Waals surface area contributed by atoms with Crippen LogP contribution in [0, 0.1) is 22.7 Å². The highest BCUT2D eigenvalue weighted by Crippen LogP contribution is 2.42. The molecule has 0 aliphatic heterocycles. The van der Waals surface area contributed by atoms with E-state index in [2.05, 4.69) is 155 Å². The number of nitrogens with zero attached hydrogens (tertiary/aromatic N) is 3. The van der Waals surface area contributed by atoms with Crippen LogP contribution in [0.1, 0.15) is 65.2 Å². The summed E-state index contributed by atoms with van der Waals surface area (Å²) in [6.45, 7) is 15.4. The van der Waals surface area contributed by atoms with Gasteiger partial charge in [0.1, 0.15) is 0 Å². The largest absolute Gasteiger partial charge is 0.309 e. The second-order valence-corrected chi connectivity index (χ2v) is 15.0. The topological polar surface area (TPSA) is 52.5 Å². The van der Waals surface area contributed by atoms with E-state index in [9.17, 15) is 10.5 Å². The SMILES string of the molecule is C\C(C#N)=C/C=C\C(C#N)=C\c1cc(-c2ccccc2)c(-n2c3ccc(C(C)(C)C)cc3c3cc(C(C)(C)C)ccc32)cc1-c1ccccc1. The van der Waals surface area contributed by atoms with Crippen LogP contribution < -0.4 is 0 Å². The quantitative estimate of drug-likeness (QED) is 0.133. The summed E-state index contributed by atoms with van der Waals surface area (Å²) in [6.07, 6.45) is 7.19. The van der Waals surface area contributed by atoms with E-state index in [0.29, 0.717) is 11.1 Å². The lowest BCUT2D eigenvalue weighted by Gasteiger charge is -2.20. The van der Waals surface area contributed by atoms with Crippen LogP contribution in [0.15, 0.2) is 139 Å². The van der Waals surface area contributed by atoms with Crippen molar-refractivity contribution >= 4 is 27.9 Å². The summed E-state index contributed by atoms with van der Waals surface area (Å²) in [6, 6.07) is 43.7. The summed E-state index contributed by atoms with van der Waals surface area (Å²) in [4.78, 5) is 0. The van der Waals surface area contributed by atoms with Gasteiger partial charge in [0, 0.05) is 21.9 Å². The van der Waals surface area contributed by atoms with E-state index in [1.165, 1.54) is 21.9 Å². The molecular formula is C47H43N3. The first-order chi connectivity index (χ1) is 23.9. The van der Waals surface area contributed by atoms with Crippen molar-refractivity contribution in [1.82, 2.24) is 4.57 Å². The average molecular weight is 650 g/mol. The Kier molecular flexibility index (Phi) is 9.20. The predicted molar refractivity (Wildman–Crippen MR) is 211 cm³/mol. The van der Waals surface area contributed by atoms with Crippen LogP contribution in [0.4, 0.5) is 0 Å². The van der Waals surface area contributed by atoms with E-state index < -0.39 is 0 Å². The van der Waals surface area contributed by atoms with Gasteiger partial charge in [-0.05, 0) is 106 Å². The molecule has 0 atom stereocenters. The minimum atomic E-state index is 0.00387. The van der Waals surface area contributed by atoms with Gasteiger partial charge in [0.25, 0.3) is 0 Å². The Balaban J connectivity index is 1.74. The molecule has 6 rings (SSSR count). The maximum absolute atomic E-state index is 10.2. The minimum absolute atomic E-state index is 0.00387. The van der Waals surface area contributed by atoms with E-state index in [0.717, 1.165) is 44.5 Å². The number of hydrogen-bond donors (Lipinski definition) is 0. The van der Waals surface area contributed by atoms with Gasteiger partial charge in [0.05, 0.1) is 34.4 Å². The highest BCUT2D eigenvalue weighted by atomic mass is 15.0. The van der Waals surface area contributed by atoms with Crippen molar-refractivity contribution in [2.75, 3.05) is 0 Å². The van der Waals surface area contributed by atoms with E-state index >= 15 is 0 Å². The highest BCUT2D eigenvalue weighted by Gasteiger charge is 2.23. The molecule has 0 aliphatic carbocycles. The molecule has 0 N–H and O–H groups in total. The fourth-order valence-corrected chi connectivity index (χ4v) is 6.46. The first kappa shape index (κ1) is 34.0. The van der Waals surface area contributed by atoms with Crippen molar-refractivity contribution in [1.29, 1.82) is 10.5 Å². The van der Waals surface area contributed by atoms with Gasteiger partial charge in [-0.25, -0.2) is 0 Å². The zero-order chi connectivity index (χ0) is 35.6. The van der Waals surface area contributed by atoms with Crippen molar-refractivity contribution in [3.8, 4) is 40.1 Å². The highest BCUT2D eigenvalue weighted by molar-refractivity contribution is 6.10. The van der Waals surface area contributed by atoms with Crippen LogP contribution in [0.5, 0.6) is 0 Å². The van der Waals surface area contributed by atoms with Crippen molar-refractivity contribution in [3.05, 3.63) is 155 Å². The van der Waals surface area contributed by atoms with Gasteiger partial charge in [-0.3, -0.25) is 0 Å². The van der Waals surface area contributed by atoms with Crippen molar-refractivity contribution in [3.63, 3.8) is 0 Å². The Bertz CT molecular complexity index is 2320. The number of benzene rings is 5. The number of allylic oxidation sites excluding steroid dienone is 5. The molecule has 50 heavy (non-hydrogen) atoms. The summed E-state index contributed by atoms with van der Waals surface area (Å²) in [7, 11) is 0. The summed E-state index contributed by atoms with van der Waals surface area (Å²) in [5.41, 5.74) is 12.2. The van der Waals surface area contributed by atoms with Gasteiger partial charge >= 0.3 is 0 Å². The molecule has 0 radical (unpaired) electrons. The molecule has 3 nitrogen and oxygen atoms in total. The maximum Gasteiger partial charge on any atom is 0.0991 e. The molecule has 5 aromatic carbocycles. The molecule has 1 heterocycles. The van der Waals surface area contributed by atoms with Gasteiger partial charge in [0.15, 0.2) is 0 Å². The molecule has 1 aromatic heterocycles. The molecule has 0 bridgehead atoms. The number of rotatable bonds is 6. The smallest absolute Gasteiger partial charge is 0.0991 e. The van der Waals surface area contributed by atoms with E-state index in [4.69, 9.17) is 0 Å². The molecule has 0 aliphatic rings. The molecule has 3 heteroatoms. The molecule has 246 valence electrons. The molecular weight excluding hydrogens is 607 g/mol. The molecule has 0 spiro atoms. The van der Waals surface area contributed by atoms with Gasteiger partial charge in [-0.15, -0.1) is 0 Å². The van der Waals surface area contributed by atoms with Gasteiger partial charge < -0.3 is 4.57 Å². The lowest BCUT2D eigenvalue weighted by molar-refractivity contribution is 0.590. The van der Waals surface area contributed by atoms with Crippen LogP contribution in [-0.4, -0.2) is 4.57 Å². The standard InChI is InChI=1S/C47H43N3/c1-32(30-48)15-14-16-33(31-49)25-36-26-40(35-19-12-9-13-20-35)45(29-39(36)34-17-10-8-11-18-34)50-43-23-21-37(46(2,3)4)27-41(43)42-28-38(47(5,6)7)22-24-44(42)50/h8-29H,1-7H3/b16-14-,32-15+,33-25-. The third kappa shape index (κ3) is 6.82. The second kappa shape index (κ2) is 13.5. The maximum atomic E-state index is 10.2. The van der Waals surface area contributed by atoms with Gasteiger partial charge in [-0.2, -0.15) is 10.5 Å². The summed E-state index contributed by atoms with van der Waals surface area (Å²) >= 11 is 0. The normalized spacial score (nSPS) is 12.8. The predicted octanol–water partition coefficient (Wildman–Crippen LogP) is 12.6. The van der Waals surface area contributed by atoms with Crippen LogP contribution in [0.2, 0.25) is 0 Å². The third-order valence-electron chi connectivity index (χ3n) is 9.31. The zero-order valence-corrected chi connectivity index (χ0v) is 30.0. The summed E-state index contributed by atoms with van der Waals surface area (Å²) in [5.74, 6) is 0. The van der Waals surface area contributed by atoms with Gasteiger partial charge in [-0.1, -0.05) is 120 Å². The first-order valence-electron chi connectivity index (χ1n) is 17.1. The van der Waals surface area contributed by atoms with Crippen LogP contribution in [0.3, 0.4) is 0 Å². The second-order valence-electron chi connectivity index (χ2n) is 15.0. The summed E-state index contributed by atoms with van der Waals surface area (Å²) in [5, 5.41) is 21.9. The fourth-order valence-electron chi connectivity index (χ4n) is 6.46.